The molecule has 1 N–H and O–H groups in total. The highest BCUT2D eigenvalue weighted by Gasteiger charge is 2.27. The number of methoxy groups -OCH3 is 1. The summed E-state index contributed by atoms with van der Waals surface area (Å²) in [5, 5.41) is 4.57. The van der Waals surface area contributed by atoms with Crippen molar-refractivity contribution in [2.75, 3.05) is 7.11 Å². The number of amides is 1. The molecule has 2 aromatic heterocycles. The SMILES string of the molecule is COC(=O)C(NC(=O)c1cc2c(n(CCC(C)C)c1=O)CCCCCC2)c1cccs1. The van der Waals surface area contributed by atoms with Crippen LogP contribution in [0, 0.1) is 5.92 Å². The molecule has 0 saturated carbocycles. The van der Waals surface area contributed by atoms with E-state index in [-0.39, 0.29) is 11.1 Å². The minimum Gasteiger partial charge on any atom is -0.467 e. The molecule has 1 aliphatic rings. The van der Waals surface area contributed by atoms with Gasteiger partial charge in [0.2, 0.25) is 0 Å². The van der Waals surface area contributed by atoms with E-state index in [4.69, 9.17) is 4.74 Å². The number of thiophene rings is 1. The van der Waals surface area contributed by atoms with Crippen LogP contribution in [0.25, 0.3) is 0 Å². The van der Waals surface area contributed by atoms with E-state index in [2.05, 4.69) is 19.2 Å². The number of fused-ring (bicyclic) bond motifs is 1. The summed E-state index contributed by atoms with van der Waals surface area (Å²) < 4.78 is 6.70. The van der Waals surface area contributed by atoms with Gasteiger partial charge in [-0.05, 0) is 61.1 Å². The van der Waals surface area contributed by atoms with Crippen LogP contribution < -0.4 is 10.9 Å². The molecule has 1 unspecified atom stereocenters. The fourth-order valence-corrected chi connectivity index (χ4v) is 4.81. The molecular formula is C24H32N2O4S. The lowest BCUT2D eigenvalue weighted by molar-refractivity contribution is -0.143. The zero-order valence-corrected chi connectivity index (χ0v) is 19.4. The van der Waals surface area contributed by atoms with Crippen LogP contribution in [-0.2, 0) is 28.9 Å². The van der Waals surface area contributed by atoms with Crippen molar-refractivity contribution in [3.05, 3.63) is 55.6 Å². The van der Waals surface area contributed by atoms with E-state index >= 15 is 0 Å². The van der Waals surface area contributed by atoms with Gasteiger partial charge in [-0.15, -0.1) is 11.3 Å². The van der Waals surface area contributed by atoms with Gasteiger partial charge in [0.25, 0.3) is 11.5 Å². The number of aromatic nitrogens is 1. The van der Waals surface area contributed by atoms with Crippen molar-refractivity contribution >= 4 is 23.2 Å². The molecule has 0 fully saturated rings. The first-order chi connectivity index (χ1) is 14.9. The minimum absolute atomic E-state index is 0.105. The molecule has 0 spiro atoms. The zero-order valence-electron chi connectivity index (χ0n) is 18.6. The molecule has 0 bridgehead atoms. The highest BCUT2D eigenvalue weighted by Crippen LogP contribution is 2.23. The highest BCUT2D eigenvalue weighted by atomic mass is 32.1. The molecule has 31 heavy (non-hydrogen) atoms. The second-order valence-electron chi connectivity index (χ2n) is 8.53. The molecule has 2 heterocycles. The average molecular weight is 445 g/mol. The molecular weight excluding hydrogens is 412 g/mol. The molecule has 7 heteroatoms. The fraction of sp³-hybridized carbons (Fsp3) is 0.542. The van der Waals surface area contributed by atoms with Crippen molar-refractivity contribution in [1.29, 1.82) is 0 Å². The summed E-state index contributed by atoms with van der Waals surface area (Å²) >= 11 is 1.36. The number of esters is 1. The van der Waals surface area contributed by atoms with Crippen LogP contribution in [0.3, 0.4) is 0 Å². The molecule has 0 saturated heterocycles. The Balaban J connectivity index is 1.99. The van der Waals surface area contributed by atoms with Crippen molar-refractivity contribution in [2.24, 2.45) is 5.92 Å². The van der Waals surface area contributed by atoms with Gasteiger partial charge >= 0.3 is 5.97 Å². The minimum atomic E-state index is -0.928. The van der Waals surface area contributed by atoms with Crippen molar-refractivity contribution in [2.45, 2.75) is 71.4 Å². The van der Waals surface area contributed by atoms with E-state index in [1.165, 1.54) is 24.9 Å². The van der Waals surface area contributed by atoms with Gasteiger partial charge in [-0.2, -0.15) is 0 Å². The zero-order chi connectivity index (χ0) is 22.4. The van der Waals surface area contributed by atoms with Crippen molar-refractivity contribution in [3.63, 3.8) is 0 Å². The molecule has 3 rings (SSSR count). The van der Waals surface area contributed by atoms with E-state index in [1.54, 1.807) is 12.1 Å². The van der Waals surface area contributed by atoms with Crippen LogP contribution in [0.5, 0.6) is 0 Å². The Hall–Kier alpha value is -2.41. The standard InChI is InChI=1S/C24H32N2O4S/c1-16(2)12-13-26-19-10-7-5-4-6-9-17(19)15-18(23(26)28)22(27)25-21(24(29)30-3)20-11-8-14-31-20/h8,11,14-16,21H,4-7,9-10,12-13H2,1-3H3,(H,25,27). The smallest absolute Gasteiger partial charge is 0.333 e. The molecule has 1 aliphatic carbocycles. The number of nitrogens with one attached hydrogen (secondary N) is 1. The Bertz CT molecular complexity index is 963. The van der Waals surface area contributed by atoms with Crippen LogP contribution in [0.1, 0.15) is 78.5 Å². The largest absolute Gasteiger partial charge is 0.467 e. The Labute approximate surface area is 187 Å². The topological polar surface area (TPSA) is 77.4 Å². The molecule has 0 aromatic carbocycles. The first-order valence-corrected chi connectivity index (χ1v) is 12.0. The maximum atomic E-state index is 13.4. The lowest BCUT2D eigenvalue weighted by Crippen LogP contribution is -2.39. The van der Waals surface area contributed by atoms with Gasteiger partial charge in [0.15, 0.2) is 6.04 Å². The van der Waals surface area contributed by atoms with E-state index in [1.807, 2.05) is 16.0 Å². The number of pyridine rings is 1. The molecule has 6 nitrogen and oxygen atoms in total. The Morgan fingerprint density at radius 2 is 1.94 bits per heavy atom. The first-order valence-electron chi connectivity index (χ1n) is 11.1. The molecule has 2 aromatic rings. The predicted molar refractivity (Wildman–Crippen MR) is 123 cm³/mol. The monoisotopic (exact) mass is 444 g/mol. The summed E-state index contributed by atoms with van der Waals surface area (Å²) in [6.45, 7) is 4.87. The highest BCUT2D eigenvalue weighted by molar-refractivity contribution is 7.10. The average Bonchev–Trinajstić information content (AvgIpc) is 3.26. The third kappa shape index (κ3) is 5.64. The van der Waals surface area contributed by atoms with Crippen LogP contribution >= 0.6 is 11.3 Å². The molecule has 0 radical (unpaired) electrons. The van der Waals surface area contributed by atoms with Crippen LogP contribution in [0.15, 0.2) is 28.4 Å². The third-order valence-corrected chi connectivity index (χ3v) is 6.75. The number of hydrogen-bond acceptors (Lipinski definition) is 5. The van der Waals surface area contributed by atoms with Crippen molar-refractivity contribution < 1.29 is 14.3 Å². The summed E-state index contributed by atoms with van der Waals surface area (Å²) in [6, 6.07) is 4.41. The number of hydrogen-bond donors (Lipinski definition) is 1. The number of nitrogens with zero attached hydrogens (tertiary/aromatic N) is 1. The maximum Gasteiger partial charge on any atom is 0.333 e. The van der Waals surface area contributed by atoms with Gasteiger partial charge in [-0.3, -0.25) is 9.59 Å². The quantitative estimate of drug-likeness (QED) is 0.648. The molecule has 168 valence electrons. The van der Waals surface area contributed by atoms with Crippen LogP contribution in [0.4, 0.5) is 0 Å². The summed E-state index contributed by atoms with van der Waals surface area (Å²) in [7, 11) is 1.29. The predicted octanol–water partition coefficient (Wildman–Crippen LogP) is 4.26. The number of ether oxygens (including phenoxy) is 1. The van der Waals surface area contributed by atoms with E-state index in [0.29, 0.717) is 17.3 Å². The lowest BCUT2D eigenvalue weighted by Gasteiger charge is -2.22. The summed E-state index contributed by atoms with van der Waals surface area (Å²) in [5.41, 5.74) is 1.99. The maximum absolute atomic E-state index is 13.4. The Kier molecular flexibility index (Phi) is 8.07. The van der Waals surface area contributed by atoms with Crippen molar-refractivity contribution in [1.82, 2.24) is 9.88 Å². The van der Waals surface area contributed by atoms with E-state index in [9.17, 15) is 14.4 Å². The number of aryl methyl sites for hydroxylation is 1. The normalized spacial score (nSPS) is 15.0. The van der Waals surface area contributed by atoms with Crippen molar-refractivity contribution in [3.8, 4) is 0 Å². The Morgan fingerprint density at radius 3 is 2.58 bits per heavy atom. The molecule has 0 aliphatic heterocycles. The summed E-state index contributed by atoms with van der Waals surface area (Å²) in [6.07, 6.45) is 7.04. The van der Waals surface area contributed by atoms with E-state index < -0.39 is 17.9 Å². The van der Waals surface area contributed by atoms with Gasteiger partial charge in [0.1, 0.15) is 5.56 Å². The first kappa shape index (κ1) is 23.3. The van der Waals surface area contributed by atoms with Crippen LogP contribution in [-0.4, -0.2) is 23.6 Å². The Morgan fingerprint density at radius 1 is 1.19 bits per heavy atom. The summed E-state index contributed by atoms with van der Waals surface area (Å²) in [5.74, 6) is -0.629. The third-order valence-electron chi connectivity index (χ3n) is 5.82. The van der Waals surface area contributed by atoms with Crippen LogP contribution in [0.2, 0.25) is 0 Å². The van der Waals surface area contributed by atoms with E-state index in [0.717, 1.165) is 49.8 Å². The number of carbonyl (C=O) groups is 2. The van der Waals surface area contributed by atoms with Gasteiger partial charge in [-0.25, -0.2) is 4.79 Å². The fourth-order valence-electron chi connectivity index (χ4n) is 4.05. The van der Waals surface area contributed by atoms with Gasteiger partial charge in [0, 0.05) is 17.1 Å². The van der Waals surface area contributed by atoms with Gasteiger partial charge in [0.05, 0.1) is 7.11 Å². The summed E-state index contributed by atoms with van der Waals surface area (Å²) in [4.78, 5) is 39.6. The second kappa shape index (κ2) is 10.8. The second-order valence-corrected chi connectivity index (χ2v) is 9.51. The van der Waals surface area contributed by atoms with Gasteiger partial charge in [-0.1, -0.05) is 32.8 Å². The molecule has 1 atom stereocenters. The molecule has 1 amide bonds. The van der Waals surface area contributed by atoms with Gasteiger partial charge < -0.3 is 14.6 Å². The lowest BCUT2D eigenvalue weighted by atomic mass is 9.95. The number of carbonyl (C=O) groups excluding carboxylic acids is 2. The number of rotatable bonds is 7.